The first kappa shape index (κ1) is 21.2. The number of hydrogen-bond donors (Lipinski definition) is 1. The van der Waals surface area contributed by atoms with Crippen molar-refractivity contribution in [1.29, 1.82) is 0 Å². The van der Waals surface area contributed by atoms with E-state index in [-0.39, 0.29) is 23.9 Å². The Balaban J connectivity index is 2.01. The van der Waals surface area contributed by atoms with Gasteiger partial charge in [0.05, 0.1) is 26.3 Å². The molecule has 156 valence electrons. The molecule has 2 atom stereocenters. The summed E-state index contributed by atoms with van der Waals surface area (Å²) in [4.78, 5) is 15.4. The molecule has 0 radical (unpaired) electrons. The standard InChI is InChI=1S/C24H32N2O3/c1-6-26-13-12-18-14-20(28-4)21(29-5)15-19(18)23(26)22(16(2)3)25-24(27)17-10-8-7-9-11-17/h7-11,14-16,22-23H,6,12-13H2,1-5H3,(H,25,27)/t22-,23+/m0/s1. The van der Waals surface area contributed by atoms with Crippen LogP contribution in [0, 0.1) is 5.92 Å². The number of carbonyl (C=O) groups excluding carboxylic acids is 1. The van der Waals surface area contributed by atoms with Crippen LogP contribution in [0.25, 0.3) is 0 Å². The molecule has 1 N–H and O–H groups in total. The number of nitrogens with one attached hydrogen (secondary N) is 1. The van der Waals surface area contributed by atoms with E-state index in [9.17, 15) is 4.79 Å². The van der Waals surface area contributed by atoms with E-state index in [0.29, 0.717) is 5.56 Å². The molecule has 0 spiro atoms. The second-order valence-corrected chi connectivity index (χ2v) is 7.84. The van der Waals surface area contributed by atoms with E-state index in [2.05, 4.69) is 43.1 Å². The van der Waals surface area contributed by atoms with Gasteiger partial charge in [0.15, 0.2) is 11.5 Å². The zero-order chi connectivity index (χ0) is 21.0. The van der Waals surface area contributed by atoms with Crippen molar-refractivity contribution in [2.75, 3.05) is 27.3 Å². The minimum Gasteiger partial charge on any atom is -0.493 e. The summed E-state index contributed by atoms with van der Waals surface area (Å²) < 4.78 is 11.1. The van der Waals surface area contributed by atoms with Crippen LogP contribution in [0.5, 0.6) is 11.5 Å². The van der Waals surface area contributed by atoms with Gasteiger partial charge in [-0.3, -0.25) is 9.69 Å². The average molecular weight is 397 g/mol. The van der Waals surface area contributed by atoms with E-state index in [0.717, 1.165) is 31.0 Å². The molecule has 0 fully saturated rings. The van der Waals surface area contributed by atoms with Crippen LogP contribution < -0.4 is 14.8 Å². The molecule has 1 aliphatic heterocycles. The third-order valence-electron chi connectivity index (χ3n) is 5.82. The summed E-state index contributed by atoms with van der Waals surface area (Å²) >= 11 is 0. The van der Waals surface area contributed by atoms with Crippen LogP contribution in [0.3, 0.4) is 0 Å². The van der Waals surface area contributed by atoms with Crippen LogP contribution >= 0.6 is 0 Å². The molecule has 0 bridgehead atoms. The van der Waals surface area contributed by atoms with Gasteiger partial charge in [-0.1, -0.05) is 39.0 Å². The van der Waals surface area contributed by atoms with Crippen LogP contribution in [0.4, 0.5) is 0 Å². The summed E-state index contributed by atoms with van der Waals surface area (Å²) in [6.07, 6.45) is 0.956. The van der Waals surface area contributed by atoms with Crippen LogP contribution in [0.2, 0.25) is 0 Å². The van der Waals surface area contributed by atoms with Crippen molar-refractivity contribution in [2.24, 2.45) is 5.92 Å². The Kier molecular flexibility index (Phi) is 6.80. The Hall–Kier alpha value is -2.53. The summed E-state index contributed by atoms with van der Waals surface area (Å²) in [6, 6.07) is 13.6. The molecule has 1 heterocycles. The van der Waals surface area contributed by atoms with Crippen LogP contribution in [-0.2, 0) is 6.42 Å². The minimum atomic E-state index is -0.0343. The van der Waals surface area contributed by atoms with E-state index >= 15 is 0 Å². The molecule has 1 amide bonds. The highest BCUT2D eigenvalue weighted by atomic mass is 16.5. The second kappa shape index (κ2) is 9.31. The monoisotopic (exact) mass is 396 g/mol. The highest BCUT2D eigenvalue weighted by Gasteiger charge is 2.36. The van der Waals surface area contributed by atoms with Crippen molar-refractivity contribution in [2.45, 2.75) is 39.3 Å². The minimum absolute atomic E-state index is 0.0280. The molecule has 3 rings (SSSR count). The van der Waals surface area contributed by atoms with Gasteiger partial charge in [0, 0.05) is 12.1 Å². The molecule has 0 saturated carbocycles. The van der Waals surface area contributed by atoms with Gasteiger partial charge in [-0.2, -0.15) is 0 Å². The molecule has 29 heavy (non-hydrogen) atoms. The fourth-order valence-electron chi connectivity index (χ4n) is 4.24. The Morgan fingerprint density at radius 1 is 1.14 bits per heavy atom. The van der Waals surface area contributed by atoms with Gasteiger partial charge in [0.1, 0.15) is 0 Å². The van der Waals surface area contributed by atoms with Crippen LogP contribution in [0.15, 0.2) is 42.5 Å². The Morgan fingerprint density at radius 2 is 1.79 bits per heavy atom. The molecular weight excluding hydrogens is 364 g/mol. The number of hydrogen-bond acceptors (Lipinski definition) is 4. The third kappa shape index (κ3) is 4.40. The van der Waals surface area contributed by atoms with Crippen LogP contribution in [0.1, 0.15) is 48.3 Å². The first-order chi connectivity index (χ1) is 14.0. The second-order valence-electron chi connectivity index (χ2n) is 7.84. The number of ether oxygens (including phenoxy) is 2. The SMILES string of the molecule is CCN1CCc2cc(OC)c(OC)cc2[C@@H]1[C@@H](NC(=O)c1ccccc1)C(C)C. The lowest BCUT2D eigenvalue weighted by atomic mass is 9.83. The molecule has 2 aromatic rings. The highest BCUT2D eigenvalue weighted by molar-refractivity contribution is 5.94. The van der Waals surface area contributed by atoms with Crippen molar-refractivity contribution < 1.29 is 14.3 Å². The Morgan fingerprint density at radius 3 is 2.38 bits per heavy atom. The van der Waals surface area contributed by atoms with Crippen molar-refractivity contribution >= 4 is 5.91 Å². The van der Waals surface area contributed by atoms with Gasteiger partial charge in [-0.15, -0.1) is 0 Å². The first-order valence-corrected chi connectivity index (χ1v) is 10.3. The molecule has 0 saturated heterocycles. The summed E-state index contributed by atoms with van der Waals surface area (Å²) in [6.45, 7) is 8.38. The van der Waals surface area contributed by atoms with Gasteiger partial charge >= 0.3 is 0 Å². The quantitative estimate of drug-likeness (QED) is 0.766. The predicted molar refractivity (Wildman–Crippen MR) is 116 cm³/mol. The molecule has 0 unspecified atom stereocenters. The topological polar surface area (TPSA) is 50.8 Å². The molecule has 2 aromatic carbocycles. The Bertz CT molecular complexity index is 836. The molecule has 0 aromatic heterocycles. The van der Waals surface area contributed by atoms with E-state index in [1.165, 1.54) is 11.1 Å². The van der Waals surface area contributed by atoms with Gasteiger partial charge in [-0.05, 0) is 54.3 Å². The van der Waals surface area contributed by atoms with E-state index in [4.69, 9.17) is 9.47 Å². The van der Waals surface area contributed by atoms with Crippen molar-refractivity contribution in [3.8, 4) is 11.5 Å². The number of amides is 1. The summed E-state index contributed by atoms with van der Waals surface area (Å²) in [5.41, 5.74) is 3.16. The maximum absolute atomic E-state index is 13.0. The fraction of sp³-hybridized carbons (Fsp3) is 0.458. The molecule has 1 aliphatic rings. The maximum atomic E-state index is 13.0. The molecule has 5 nitrogen and oxygen atoms in total. The molecular formula is C24H32N2O3. The Labute approximate surface area is 174 Å². The third-order valence-corrected chi connectivity index (χ3v) is 5.82. The van der Waals surface area contributed by atoms with Gasteiger partial charge < -0.3 is 14.8 Å². The smallest absolute Gasteiger partial charge is 0.251 e. The summed E-state index contributed by atoms with van der Waals surface area (Å²) in [5, 5.41) is 3.32. The van der Waals surface area contributed by atoms with Gasteiger partial charge in [0.25, 0.3) is 5.91 Å². The number of nitrogens with zero attached hydrogens (tertiary/aromatic N) is 1. The lowest BCUT2D eigenvalue weighted by molar-refractivity contribution is 0.0834. The first-order valence-electron chi connectivity index (χ1n) is 10.3. The van der Waals surface area contributed by atoms with E-state index in [1.54, 1.807) is 14.2 Å². The molecule has 0 aliphatic carbocycles. The zero-order valence-corrected chi connectivity index (χ0v) is 18.1. The lowest BCUT2D eigenvalue weighted by Gasteiger charge is -2.43. The fourth-order valence-corrected chi connectivity index (χ4v) is 4.24. The molecule has 5 heteroatoms. The summed E-state index contributed by atoms with van der Waals surface area (Å²) in [7, 11) is 3.33. The predicted octanol–water partition coefficient (Wildman–Crippen LogP) is 4.08. The number of likely N-dealkylation sites (N-methyl/N-ethyl adjacent to an activating group) is 1. The average Bonchev–Trinajstić information content (AvgIpc) is 2.75. The van der Waals surface area contributed by atoms with E-state index in [1.807, 2.05) is 30.3 Å². The van der Waals surface area contributed by atoms with E-state index < -0.39 is 0 Å². The van der Waals surface area contributed by atoms with Crippen molar-refractivity contribution in [3.63, 3.8) is 0 Å². The van der Waals surface area contributed by atoms with Crippen molar-refractivity contribution in [3.05, 3.63) is 59.2 Å². The number of carbonyl (C=O) groups is 1. The van der Waals surface area contributed by atoms with Gasteiger partial charge in [-0.25, -0.2) is 0 Å². The van der Waals surface area contributed by atoms with Crippen molar-refractivity contribution in [1.82, 2.24) is 10.2 Å². The highest BCUT2D eigenvalue weighted by Crippen LogP contribution is 2.40. The number of methoxy groups -OCH3 is 2. The maximum Gasteiger partial charge on any atom is 0.251 e. The largest absolute Gasteiger partial charge is 0.493 e. The number of benzene rings is 2. The zero-order valence-electron chi connectivity index (χ0n) is 18.1. The normalized spacial score (nSPS) is 17.5. The summed E-state index contributed by atoms with van der Waals surface area (Å²) in [5.74, 6) is 1.71. The van der Waals surface area contributed by atoms with Crippen LogP contribution in [-0.4, -0.2) is 44.2 Å². The van der Waals surface area contributed by atoms with Gasteiger partial charge in [0.2, 0.25) is 0 Å². The number of rotatable bonds is 7. The lowest BCUT2D eigenvalue weighted by Crippen LogP contribution is -2.51. The number of fused-ring (bicyclic) bond motifs is 1.